The van der Waals surface area contributed by atoms with Crippen LogP contribution in [0.25, 0.3) is 10.8 Å². The number of para-hydroxylation sites is 1. The molecule has 0 fully saturated rings. The Kier molecular flexibility index (Phi) is 5.09. The fourth-order valence-electron chi connectivity index (χ4n) is 2.65. The first-order valence-electron chi connectivity index (χ1n) is 8.21. The molecule has 0 heterocycles. The molecule has 0 saturated carbocycles. The number of carbonyl (C=O) groups is 2. The first-order valence-corrected chi connectivity index (χ1v) is 8.21. The maximum atomic E-state index is 12.5. The number of rotatable bonds is 5. The molecule has 0 radical (unpaired) electrons. The summed E-state index contributed by atoms with van der Waals surface area (Å²) in [6.07, 6.45) is 0.347. The summed E-state index contributed by atoms with van der Waals surface area (Å²) in [6.45, 7) is 1.94. The molecule has 3 aromatic carbocycles. The summed E-state index contributed by atoms with van der Waals surface area (Å²) in [5.74, 6) is -0.603. The van der Waals surface area contributed by atoms with Gasteiger partial charge in [0.05, 0.1) is 11.3 Å². The van der Waals surface area contributed by atoms with Crippen LogP contribution in [0.15, 0.2) is 66.7 Å². The van der Waals surface area contributed by atoms with E-state index in [1.807, 2.05) is 42.5 Å². The van der Waals surface area contributed by atoms with Gasteiger partial charge in [0, 0.05) is 6.42 Å². The van der Waals surface area contributed by atoms with E-state index >= 15 is 0 Å². The Morgan fingerprint density at radius 2 is 1.64 bits per heavy atom. The highest BCUT2D eigenvalue weighted by molar-refractivity contribution is 6.01. The molecule has 0 unspecified atom stereocenters. The lowest BCUT2D eigenvalue weighted by Crippen LogP contribution is -2.14. The first kappa shape index (κ1) is 16.7. The van der Waals surface area contributed by atoms with Gasteiger partial charge in [-0.15, -0.1) is 0 Å². The Balaban J connectivity index is 1.78. The quantitative estimate of drug-likeness (QED) is 0.697. The number of anilines is 1. The van der Waals surface area contributed by atoms with E-state index < -0.39 is 5.97 Å². The predicted molar refractivity (Wildman–Crippen MR) is 98.4 cm³/mol. The van der Waals surface area contributed by atoms with Crippen molar-refractivity contribution in [2.45, 2.75) is 20.0 Å². The van der Waals surface area contributed by atoms with E-state index in [9.17, 15) is 9.59 Å². The molecule has 4 nitrogen and oxygen atoms in total. The largest absolute Gasteiger partial charge is 0.457 e. The lowest BCUT2D eigenvalue weighted by atomic mass is 10.1. The molecule has 0 aliphatic heterocycles. The molecule has 1 N–H and O–H groups in total. The summed E-state index contributed by atoms with van der Waals surface area (Å²) < 4.78 is 5.49. The van der Waals surface area contributed by atoms with Crippen LogP contribution in [0.5, 0.6) is 0 Å². The number of hydrogen-bond acceptors (Lipinski definition) is 3. The van der Waals surface area contributed by atoms with Crippen molar-refractivity contribution in [2.75, 3.05) is 5.32 Å². The van der Waals surface area contributed by atoms with E-state index in [1.54, 1.807) is 31.2 Å². The molecule has 1 amide bonds. The Labute approximate surface area is 146 Å². The van der Waals surface area contributed by atoms with Crippen LogP contribution in [0.2, 0.25) is 0 Å². The normalized spacial score (nSPS) is 10.4. The van der Waals surface area contributed by atoms with Crippen LogP contribution in [0.1, 0.15) is 29.3 Å². The van der Waals surface area contributed by atoms with Crippen LogP contribution in [0, 0.1) is 0 Å². The molecule has 0 aliphatic rings. The SMILES string of the molecule is CCC(=O)Nc1ccccc1C(=O)OCc1cccc2ccccc12. The Morgan fingerprint density at radius 1 is 0.920 bits per heavy atom. The van der Waals surface area contributed by atoms with Gasteiger partial charge in [-0.05, 0) is 28.5 Å². The van der Waals surface area contributed by atoms with Crippen molar-refractivity contribution >= 4 is 28.3 Å². The Morgan fingerprint density at radius 3 is 2.48 bits per heavy atom. The van der Waals surface area contributed by atoms with E-state index in [0.717, 1.165) is 16.3 Å². The van der Waals surface area contributed by atoms with Crippen molar-refractivity contribution in [3.8, 4) is 0 Å². The highest BCUT2D eigenvalue weighted by Gasteiger charge is 2.14. The van der Waals surface area contributed by atoms with Gasteiger partial charge in [-0.2, -0.15) is 0 Å². The molecule has 25 heavy (non-hydrogen) atoms. The van der Waals surface area contributed by atoms with Crippen LogP contribution in [0.3, 0.4) is 0 Å². The molecular formula is C21H19NO3. The molecule has 0 spiro atoms. The summed E-state index contributed by atoms with van der Waals surface area (Å²) in [5.41, 5.74) is 1.77. The van der Waals surface area contributed by atoms with Gasteiger partial charge in [0.2, 0.25) is 5.91 Å². The van der Waals surface area contributed by atoms with Gasteiger partial charge in [-0.25, -0.2) is 4.79 Å². The van der Waals surface area contributed by atoms with Crippen molar-refractivity contribution < 1.29 is 14.3 Å². The summed E-state index contributed by atoms with van der Waals surface area (Å²) in [4.78, 5) is 24.1. The first-order chi connectivity index (χ1) is 12.2. The second-order valence-corrected chi connectivity index (χ2v) is 5.66. The summed E-state index contributed by atoms with van der Waals surface area (Å²) in [6, 6.07) is 20.7. The van der Waals surface area contributed by atoms with Crippen molar-refractivity contribution in [1.82, 2.24) is 0 Å². The molecule has 0 bridgehead atoms. The summed E-state index contributed by atoms with van der Waals surface area (Å²) in [7, 11) is 0. The number of hydrogen-bond donors (Lipinski definition) is 1. The number of fused-ring (bicyclic) bond motifs is 1. The smallest absolute Gasteiger partial charge is 0.340 e. The van der Waals surface area contributed by atoms with Crippen LogP contribution in [-0.4, -0.2) is 11.9 Å². The zero-order chi connectivity index (χ0) is 17.6. The molecule has 0 aliphatic carbocycles. The molecule has 0 atom stereocenters. The third kappa shape index (κ3) is 3.86. The number of ether oxygens (including phenoxy) is 1. The molecule has 3 aromatic rings. The maximum absolute atomic E-state index is 12.5. The second-order valence-electron chi connectivity index (χ2n) is 5.66. The second kappa shape index (κ2) is 7.62. The lowest BCUT2D eigenvalue weighted by molar-refractivity contribution is -0.115. The van der Waals surface area contributed by atoms with Gasteiger partial charge in [0.1, 0.15) is 6.61 Å². The lowest BCUT2D eigenvalue weighted by Gasteiger charge is -2.11. The van der Waals surface area contributed by atoms with Crippen molar-refractivity contribution in [2.24, 2.45) is 0 Å². The standard InChI is InChI=1S/C21H19NO3/c1-2-20(23)22-19-13-6-5-12-18(19)21(24)25-14-16-10-7-9-15-8-3-4-11-17(15)16/h3-13H,2,14H2,1H3,(H,22,23). The van der Waals surface area contributed by atoms with Gasteiger partial charge in [-0.1, -0.05) is 61.5 Å². The van der Waals surface area contributed by atoms with Crippen LogP contribution < -0.4 is 5.32 Å². The average molecular weight is 333 g/mol. The monoisotopic (exact) mass is 333 g/mol. The van der Waals surface area contributed by atoms with Crippen LogP contribution >= 0.6 is 0 Å². The van der Waals surface area contributed by atoms with E-state index in [2.05, 4.69) is 5.32 Å². The fourth-order valence-corrected chi connectivity index (χ4v) is 2.65. The zero-order valence-corrected chi connectivity index (χ0v) is 14.0. The average Bonchev–Trinajstić information content (AvgIpc) is 2.66. The summed E-state index contributed by atoms with van der Waals surface area (Å²) >= 11 is 0. The minimum absolute atomic E-state index is 0.144. The minimum Gasteiger partial charge on any atom is -0.457 e. The van der Waals surface area contributed by atoms with E-state index in [-0.39, 0.29) is 12.5 Å². The minimum atomic E-state index is -0.458. The van der Waals surface area contributed by atoms with Gasteiger partial charge in [-0.3, -0.25) is 4.79 Å². The Hall–Kier alpha value is -3.14. The van der Waals surface area contributed by atoms with Crippen molar-refractivity contribution in [3.63, 3.8) is 0 Å². The third-order valence-electron chi connectivity index (χ3n) is 3.98. The number of esters is 1. The fraction of sp³-hybridized carbons (Fsp3) is 0.143. The Bertz CT molecular complexity index is 912. The highest BCUT2D eigenvalue weighted by Crippen LogP contribution is 2.21. The molecule has 126 valence electrons. The van der Waals surface area contributed by atoms with E-state index in [1.165, 1.54) is 0 Å². The number of benzene rings is 3. The molecule has 0 saturated heterocycles. The zero-order valence-electron chi connectivity index (χ0n) is 14.0. The molecule has 4 heteroatoms. The van der Waals surface area contributed by atoms with Crippen LogP contribution in [0.4, 0.5) is 5.69 Å². The number of nitrogens with one attached hydrogen (secondary N) is 1. The van der Waals surface area contributed by atoms with Crippen molar-refractivity contribution in [3.05, 3.63) is 77.9 Å². The van der Waals surface area contributed by atoms with E-state index in [4.69, 9.17) is 4.74 Å². The van der Waals surface area contributed by atoms with Crippen LogP contribution in [-0.2, 0) is 16.1 Å². The maximum Gasteiger partial charge on any atom is 0.340 e. The highest BCUT2D eigenvalue weighted by atomic mass is 16.5. The van der Waals surface area contributed by atoms with E-state index in [0.29, 0.717) is 17.7 Å². The number of amides is 1. The molecule has 0 aromatic heterocycles. The topological polar surface area (TPSA) is 55.4 Å². The number of carbonyl (C=O) groups excluding carboxylic acids is 2. The summed E-state index contributed by atoms with van der Waals surface area (Å²) in [5, 5.41) is 4.89. The van der Waals surface area contributed by atoms with Gasteiger partial charge < -0.3 is 10.1 Å². The van der Waals surface area contributed by atoms with Gasteiger partial charge in [0.25, 0.3) is 0 Å². The van der Waals surface area contributed by atoms with Crippen molar-refractivity contribution in [1.29, 1.82) is 0 Å². The molecule has 3 rings (SSSR count). The van der Waals surface area contributed by atoms with Gasteiger partial charge >= 0.3 is 5.97 Å². The molecular weight excluding hydrogens is 314 g/mol. The third-order valence-corrected chi connectivity index (χ3v) is 3.98. The van der Waals surface area contributed by atoms with Gasteiger partial charge in [0.15, 0.2) is 0 Å². The predicted octanol–water partition coefficient (Wildman–Crippen LogP) is 4.55.